The molecule has 126 valence electrons. The number of hydrogen-bond acceptors (Lipinski definition) is 4. The fourth-order valence-electron chi connectivity index (χ4n) is 3.03. The Morgan fingerprint density at radius 3 is 2.75 bits per heavy atom. The topological polar surface area (TPSA) is 71.1 Å². The lowest BCUT2D eigenvalue weighted by molar-refractivity contribution is -0.122. The third-order valence-electron chi connectivity index (χ3n) is 4.17. The molecule has 0 spiro atoms. The van der Waals surface area contributed by atoms with Crippen LogP contribution in [0, 0.1) is 5.82 Å². The zero-order valence-corrected chi connectivity index (χ0v) is 13.9. The Labute approximate surface area is 143 Å². The predicted molar refractivity (Wildman–Crippen MR) is 89.1 cm³/mol. The van der Waals surface area contributed by atoms with E-state index >= 15 is 0 Å². The van der Waals surface area contributed by atoms with Crippen molar-refractivity contribution in [2.24, 2.45) is 0 Å². The first-order valence-corrected chi connectivity index (χ1v) is 8.72. The van der Waals surface area contributed by atoms with E-state index in [2.05, 4.69) is 15.6 Å². The third kappa shape index (κ3) is 3.62. The van der Waals surface area contributed by atoms with Crippen LogP contribution in [0.15, 0.2) is 35.8 Å². The van der Waals surface area contributed by atoms with Gasteiger partial charge >= 0.3 is 0 Å². The summed E-state index contributed by atoms with van der Waals surface area (Å²) in [5, 5.41) is 8.36. The van der Waals surface area contributed by atoms with Crippen LogP contribution in [0.4, 0.5) is 4.39 Å². The molecular formula is C17H18FN3O2S. The standard InChI is InChI=1S/C17H18FN3O2S/c18-13-5-3-4-12(10-13)15(23)20-11-14(22)21-17(6-1-2-7-17)16-19-8-9-24-16/h3-5,8-10H,1-2,6-7,11H2,(H,20,23)(H,21,22). The van der Waals surface area contributed by atoms with Gasteiger partial charge in [-0.1, -0.05) is 18.9 Å². The summed E-state index contributed by atoms with van der Waals surface area (Å²) in [7, 11) is 0. The van der Waals surface area contributed by atoms with Crippen molar-refractivity contribution in [2.45, 2.75) is 31.2 Å². The Kier molecular flexibility index (Phi) is 4.89. The van der Waals surface area contributed by atoms with Crippen LogP contribution in [-0.2, 0) is 10.3 Å². The van der Waals surface area contributed by atoms with Gasteiger partial charge in [0.1, 0.15) is 10.8 Å². The van der Waals surface area contributed by atoms with Gasteiger partial charge in [0.15, 0.2) is 0 Å². The zero-order chi connectivity index (χ0) is 17.0. The van der Waals surface area contributed by atoms with Crippen LogP contribution < -0.4 is 10.6 Å². The van der Waals surface area contributed by atoms with Crippen LogP contribution >= 0.6 is 11.3 Å². The minimum absolute atomic E-state index is 0.150. The van der Waals surface area contributed by atoms with E-state index in [1.54, 1.807) is 6.20 Å². The van der Waals surface area contributed by atoms with Gasteiger partial charge in [0.25, 0.3) is 5.91 Å². The van der Waals surface area contributed by atoms with E-state index in [1.165, 1.54) is 29.5 Å². The number of amides is 2. The number of carbonyl (C=O) groups is 2. The molecule has 5 nitrogen and oxygen atoms in total. The summed E-state index contributed by atoms with van der Waals surface area (Å²) < 4.78 is 13.1. The molecule has 0 unspecified atom stereocenters. The summed E-state index contributed by atoms with van der Waals surface area (Å²) in [5.74, 6) is -1.22. The normalized spacial score (nSPS) is 15.9. The molecule has 1 aliphatic rings. The van der Waals surface area contributed by atoms with Crippen LogP contribution in [-0.4, -0.2) is 23.3 Å². The Morgan fingerprint density at radius 2 is 2.08 bits per heavy atom. The quantitative estimate of drug-likeness (QED) is 0.873. The lowest BCUT2D eigenvalue weighted by atomic mass is 9.98. The minimum Gasteiger partial charge on any atom is -0.343 e. The van der Waals surface area contributed by atoms with Crippen molar-refractivity contribution in [3.8, 4) is 0 Å². The highest BCUT2D eigenvalue weighted by atomic mass is 32.1. The summed E-state index contributed by atoms with van der Waals surface area (Å²) in [6.45, 7) is -0.150. The third-order valence-corrected chi connectivity index (χ3v) is 5.15. The number of thiazole rings is 1. The maximum absolute atomic E-state index is 13.1. The van der Waals surface area contributed by atoms with Crippen molar-refractivity contribution >= 4 is 23.2 Å². The average Bonchev–Trinajstić information content (AvgIpc) is 3.24. The maximum atomic E-state index is 13.1. The van der Waals surface area contributed by atoms with Crippen LogP contribution in [0.3, 0.4) is 0 Å². The second-order valence-corrected chi connectivity index (χ2v) is 6.76. The second-order valence-electron chi connectivity index (χ2n) is 5.87. The molecule has 7 heteroatoms. The molecule has 1 aromatic carbocycles. The molecule has 1 heterocycles. The first-order valence-electron chi connectivity index (χ1n) is 7.84. The molecule has 0 radical (unpaired) electrons. The molecule has 3 rings (SSSR count). The number of nitrogens with one attached hydrogen (secondary N) is 2. The molecule has 2 N–H and O–H groups in total. The number of hydrogen-bond donors (Lipinski definition) is 2. The highest BCUT2D eigenvalue weighted by molar-refractivity contribution is 7.09. The molecule has 2 amide bonds. The molecule has 0 aliphatic heterocycles. The van der Waals surface area contributed by atoms with E-state index in [1.807, 2.05) is 5.38 Å². The van der Waals surface area contributed by atoms with Crippen molar-refractivity contribution in [1.82, 2.24) is 15.6 Å². The SMILES string of the molecule is O=C(CNC(=O)c1cccc(F)c1)NC1(c2nccs2)CCCC1. The van der Waals surface area contributed by atoms with Crippen molar-refractivity contribution in [3.05, 3.63) is 52.2 Å². The fraction of sp³-hybridized carbons (Fsp3) is 0.353. The Morgan fingerprint density at radius 1 is 1.29 bits per heavy atom. The maximum Gasteiger partial charge on any atom is 0.251 e. The van der Waals surface area contributed by atoms with Crippen LogP contribution in [0.25, 0.3) is 0 Å². The lowest BCUT2D eigenvalue weighted by Gasteiger charge is -2.28. The number of benzene rings is 1. The summed E-state index contributed by atoms with van der Waals surface area (Å²) >= 11 is 1.53. The zero-order valence-electron chi connectivity index (χ0n) is 13.0. The van der Waals surface area contributed by atoms with E-state index in [0.717, 1.165) is 36.8 Å². The van der Waals surface area contributed by atoms with Gasteiger partial charge in [-0.3, -0.25) is 9.59 Å². The monoisotopic (exact) mass is 347 g/mol. The molecular weight excluding hydrogens is 329 g/mol. The van der Waals surface area contributed by atoms with Gasteiger partial charge < -0.3 is 10.6 Å². The van der Waals surface area contributed by atoms with E-state index in [-0.39, 0.29) is 18.0 Å². The lowest BCUT2D eigenvalue weighted by Crippen LogP contribution is -2.47. The van der Waals surface area contributed by atoms with E-state index in [4.69, 9.17) is 0 Å². The summed E-state index contributed by atoms with van der Waals surface area (Å²) in [6, 6.07) is 5.37. The molecule has 24 heavy (non-hydrogen) atoms. The molecule has 1 saturated carbocycles. The van der Waals surface area contributed by atoms with Gasteiger partial charge in [-0.05, 0) is 31.0 Å². The number of rotatable bonds is 5. The number of aromatic nitrogens is 1. The smallest absolute Gasteiger partial charge is 0.251 e. The Balaban J connectivity index is 1.60. The van der Waals surface area contributed by atoms with Crippen LogP contribution in [0.5, 0.6) is 0 Å². The van der Waals surface area contributed by atoms with Gasteiger partial charge in [0.2, 0.25) is 5.91 Å². The fourth-order valence-corrected chi connectivity index (χ4v) is 3.89. The number of carbonyl (C=O) groups excluding carboxylic acids is 2. The first kappa shape index (κ1) is 16.6. The molecule has 1 fully saturated rings. The van der Waals surface area contributed by atoms with Gasteiger partial charge in [0.05, 0.1) is 12.1 Å². The molecule has 2 aromatic rings. The summed E-state index contributed by atoms with van der Waals surface area (Å²) in [6.07, 6.45) is 5.51. The Bertz CT molecular complexity index is 727. The highest BCUT2D eigenvalue weighted by Gasteiger charge is 2.39. The number of halogens is 1. The van der Waals surface area contributed by atoms with Crippen molar-refractivity contribution in [1.29, 1.82) is 0 Å². The van der Waals surface area contributed by atoms with Crippen LogP contribution in [0.1, 0.15) is 41.0 Å². The molecule has 1 aromatic heterocycles. The highest BCUT2D eigenvalue weighted by Crippen LogP contribution is 2.39. The number of nitrogens with zero attached hydrogens (tertiary/aromatic N) is 1. The van der Waals surface area contributed by atoms with Crippen molar-refractivity contribution in [2.75, 3.05) is 6.54 Å². The largest absolute Gasteiger partial charge is 0.343 e. The second kappa shape index (κ2) is 7.09. The van der Waals surface area contributed by atoms with E-state index in [9.17, 15) is 14.0 Å². The van der Waals surface area contributed by atoms with Crippen LogP contribution in [0.2, 0.25) is 0 Å². The minimum atomic E-state index is -0.485. The molecule has 0 atom stereocenters. The molecule has 0 bridgehead atoms. The molecule has 1 aliphatic carbocycles. The predicted octanol–water partition coefficient (Wildman–Crippen LogP) is 2.60. The van der Waals surface area contributed by atoms with Crippen molar-refractivity contribution < 1.29 is 14.0 Å². The van der Waals surface area contributed by atoms with Crippen molar-refractivity contribution in [3.63, 3.8) is 0 Å². The van der Waals surface area contributed by atoms with Gasteiger partial charge in [-0.15, -0.1) is 11.3 Å². The first-order chi connectivity index (χ1) is 11.6. The average molecular weight is 347 g/mol. The summed E-state index contributed by atoms with van der Waals surface area (Å²) in [4.78, 5) is 28.6. The van der Waals surface area contributed by atoms with E-state index < -0.39 is 17.3 Å². The van der Waals surface area contributed by atoms with E-state index in [0.29, 0.717) is 0 Å². The molecule has 0 saturated heterocycles. The Hall–Kier alpha value is -2.28. The van der Waals surface area contributed by atoms with Gasteiger partial charge in [0, 0.05) is 17.1 Å². The van der Waals surface area contributed by atoms with Gasteiger partial charge in [-0.25, -0.2) is 9.37 Å². The van der Waals surface area contributed by atoms with Gasteiger partial charge in [-0.2, -0.15) is 0 Å². The summed E-state index contributed by atoms with van der Waals surface area (Å²) in [5.41, 5.74) is -0.229.